The summed E-state index contributed by atoms with van der Waals surface area (Å²) in [6.45, 7) is 4.87. The van der Waals surface area contributed by atoms with Crippen molar-refractivity contribution in [3.05, 3.63) is 30.1 Å². The van der Waals surface area contributed by atoms with Crippen molar-refractivity contribution in [3.8, 4) is 0 Å². The van der Waals surface area contributed by atoms with Gasteiger partial charge < -0.3 is 5.32 Å². The summed E-state index contributed by atoms with van der Waals surface area (Å²) >= 11 is 0. The summed E-state index contributed by atoms with van der Waals surface area (Å²) in [5, 5.41) is 3.13. The zero-order valence-electron chi connectivity index (χ0n) is 8.12. The largest absolute Gasteiger partial charge is 0.354 e. The number of hydrogen-bond acceptors (Lipinski definition) is 3. The lowest BCUT2D eigenvalue weighted by Crippen LogP contribution is -2.04. The molecule has 0 aliphatic carbocycles. The Kier molecular flexibility index (Phi) is 3.96. The molecule has 0 radical (unpaired) electrons. The molecule has 0 amide bonds. The van der Waals surface area contributed by atoms with Gasteiger partial charge in [0.25, 0.3) is 0 Å². The van der Waals surface area contributed by atoms with E-state index in [-0.39, 0.29) is 0 Å². The lowest BCUT2D eigenvalue weighted by Gasteiger charge is -2.01. The zero-order valence-corrected chi connectivity index (χ0v) is 8.12. The predicted octanol–water partition coefficient (Wildman–Crippen LogP) is 2.16. The Morgan fingerprint density at radius 3 is 2.69 bits per heavy atom. The lowest BCUT2D eigenvalue weighted by atomic mass is 10.4. The number of anilines is 1. The normalized spacial score (nSPS) is 10.6. The second kappa shape index (κ2) is 5.30. The van der Waals surface area contributed by atoms with Crippen LogP contribution in [0.2, 0.25) is 0 Å². The second-order valence-corrected chi connectivity index (χ2v) is 2.87. The van der Waals surface area contributed by atoms with Gasteiger partial charge in [-0.2, -0.15) is 0 Å². The van der Waals surface area contributed by atoms with Gasteiger partial charge in [-0.25, -0.2) is 9.97 Å². The van der Waals surface area contributed by atoms with E-state index in [0.717, 1.165) is 18.5 Å². The highest BCUT2D eigenvalue weighted by atomic mass is 15.1. The van der Waals surface area contributed by atoms with Gasteiger partial charge in [-0.1, -0.05) is 12.2 Å². The van der Waals surface area contributed by atoms with E-state index in [4.69, 9.17) is 0 Å². The van der Waals surface area contributed by atoms with Gasteiger partial charge in [0.15, 0.2) is 0 Å². The van der Waals surface area contributed by atoms with Crippen LogP contribution in [-0.2, 0) is 0 Å². The molecule has 0 unspecified atom stereocenters. The van der Waals surface area contributed by atoms with E-state index in [0.29, 0.717) is 5.95 Å². The summed E-state index contributed by atoms with van der Waals surface area (Å²) in [5.74, 6) is 0.704. The number of aromatic nitrogens is 2. The Balaban J connectivity index is 2.33. The molecule has 3 heteroatoms. The van der Waals surface area contributed by atoms with Crippen LogP contribution in [0.1, 0.15) is 18.9 Å². The Bertz CT molecular complexity index is 264. The van der Waals surface area contributed by atoms with E-state index in [1.807, 2.05) is 32.3 Å². The highest BCUT2D eigenvalue weighted by molar-refractivity contribution is 5.24. The molecule has 0 fully saturated rings. The van der Waals surface area contributed by atoms with Crippen molar-refractivity contribution in [2.24, 2.45) is 0 Å². The zero-order chi connectivity index (χ0) is 9.52. The number of allylic oxidation sites excluding steroid dienone is 1. The molecule has 0 bridgehead atoms. The molecule has 0 spiro atoms. The maximum Gasteiger partial charge on any atom is 0.222 e. The van der Waals surface area contributed by atoms with E-state index in [1.165, 1.54) is 0 Å². The van der Waals surface area contributed by atoms with Crippen molar-refractivity contribution in [3.63, 3.8) is 0 Å². The average Bonchev–Trinajstić information content (AvgIpc) is 2.15. The standard InChI is InChI=1S/C10H15N3/c1-3-4-5-6-11-10-12-7-9(2)8-13-10/h3-4,7-8H,5-6H2,1-2H3,(H,11,12,13)/b4-3+. The lowest BCUT2D eigenvalue weighted by molar-refractivity contribution is 1.01. The first kappa shape index (κ1) is 9.71. The van der Waals surface area contributed by atoms with Gasteiger partial charge in [-0.3, -0.25) is 0 Å². The summed E-state index contributed by atoms with van der Waals surface area (Å²) in [4.78, 5) is 8.26. The molecular weight excluding hydrogens is 162 g/mol. The number of hydrogen-bond donors (Lipinski definition) is 1. The molecule has 1 aromatic heterocycles. The van der Waals surface area contributed by atoms with Crippen LogP contribution < -0.4 is 5.32 Å². The molecular formula is C10H15N3. The fourth-order valence-electron chi connectivity index (χ4n) is 0.918. The molecule has 0 saturated carbocycles. The predicted molar refractivity (Wildman–Crippen MR) is 54.7 cm³/mol. The average molecular weight is 177 g/mol. The van der Waals surface area contributed by atoms with Gasteiger partial charge in [-0.15, -0.1) is 0 Å². The number of aryl methyl sites for hydroxylation is 1. The van der Waals surface area contributed by atoms with Crippen LogP contribution in [0, 0.1) is 6.92 Å². The highest BCUT2D eigenvalue weighted by Crippen LogP contribution is 1.98. The van der Waals surface area contributed by atoms with E-state index in [2.05, 4.69) is 21.4 Å². The third-order valence-corrected chi connectivity index (χ3v) is 1.61. The second-order valence-electron chi connectivity index (χ2n) is 2.87. The fourth-order valence-corrected chi connectivity index (χ4v) is 0.918. The third-order valence-electron chi connectivity index (χ3n) is 1.61. The van der Waals surface area contributed by atoms with Crippen molar-refractivity contribution in [2.75, 3.05) is 11.9 Å². The summed E-state index contributed by atoms with van der Waals surface area (Å²) in [7, 11) is 0. The molecule has 0 aromatic carbocycles. The first-order valence-electron chi connectivity index (χ1n) is 4.46. The molecule has 3 nitrogen and oxygen atoms in total. The van der Waals surface area contributed by atoms with Crippen LogP contribution in [0.3, 0.4) is 0 Å². The Hall–Kier alpha value is -1.38. The van der Waals surface area contributed by atoms with Crippen LogP contribution in [0.4, 0.5) is 5.95 Å². The van der Waals surface area contributed by atoms with Crippen LogP contribution in [-0.4, -0.2) is 16.5 Å². The van der Waals surface area contributed by atoms with Crippen LogP contribution >= 0.6 is 0 Å². The van der Waals surface area contributed by atoms with Crippen LogP contribution in [0.5, 0.6) is 0 Å². The monoisotopic (exact) mass is 177 g/mol. The van der Waals surface area contributed by atoms with E-state index in [1.54, 1.807) is 0 Å². The van der Waals surface area contributed by atoms with Gasteiger partial charge in [0, 0.05) is 18.9 Å². The van der Waals surface area contributed by atoms with E-state index >= 15 is 0 Å². The molecule has 0 aliphatic rings. The van der Waals surface area contributed by atoms with Gasteiger partial charge in [-0.05, 0) is 25.8 Å². The summed E-state index contributed by atoms with van der Waals surface area (Å²) in [5.41, 5.74) is 1.08. The summed E-state index contributed by atoms with van der Waals surface area (Å²) in [6, 6.07) is 0. The molecule has 0 atom stereocenters. The maximum atomic E-state index is 4.13. The number of rotatable bonds is 4. The molecule has 1 heterocycles. The van der Waals surface area contributed by atoms with Crippen molar-refractivity contribution < 1.29 is 0 Å². The van der Waals surface area contributed by atoms with Crippen molar-refractivity contribution >= 4 is 5.95 Å². The van der Waals surface area contributed by atoms with Gasteiger partial charge in [0.05, 0.1) is 0 Å². The fraction of sp³-hybridized carbons (Fsp3) is 0.400. The Morgan fingerprint density at radius 1 is 1.38 bits per heavy atom. The first-order valence-corrected chi connectivity index (χ1v) is 4.46. The molecule has 0 saturated heterocycles. The number of nitrogens with zero attached hydrogens (tertiary/aromatic N) is 2. The van der Waals surface area contributed by atoms with Crippen LogP contribution in [0.25, 0.3) is 0 Å². The smallest absolute Gasteiger partial charge is 0.222 e. The topological polar surface area (TPSA) is 37.8 Å². The molecule has 1 aromatic rings. The van der Waals surface area contributed by atoms with Crippen molar-refractivity contribution in [1.82, 2.24) is 9.97 Å². The van der Waals surface area contributed by atoms with Gasteiger partial charge >= 0.3 is 0 Å². The molecule has 70 valence electrons. The summed E-state index contributed by atoms with van der Waals surface area (Å²) < 4.78 is 0. The minimum absolute atomic E-state index is 0.704. The number of nitrogens with one attached hydrogen (secondary N) is 1. The molecule has 0 aliphatic heterocycles. The maximum absolute atomic E-state index is 4.13. The van der Waals surface area contributed by atoms with Gasteiger partial charge in [0.2, 0.25) is 5.95 Å². The Labute approximate surface area is 78.9 Å². The van der Waals surface area contributed by atoms with Crippen molar-refractivity contribution in [1.29, 1.82) is 0 Å². The first-order chi connectivity index (χ1) is 6.33. The van der Waals surface area contributed by atoms with Gasteiger partial charge in [0.1, 0.15) is 0 Å². The van der Waals surface area contributed by atoms with E-state index < -0.39 is 0 Å². The minimum atomic E-state index is 0.704. The highest BCUT2D eigenvalue weighted by Gasteiger charge is 1.91. The van der Waals surface area contributed by atoms with Crippen LogP contribution in [0.15, 0.2) is 24.5 Å². The van der Waals surface area contributed by atoms with Crippen molar-refractivity contribution in [2.45, 2.75) is 20.3 Å². The summed E-state index contributed by atoms with van der Waals surface area (Å²) in [6.07, 6.45) is 8.78. The molecule has 1 rings (SSSR count). The molecule has 1 N–H and O–H groups in total. The molecule has 13 heavy (non-hydrogen) atoms. The van der Waals surface area contributed by atoms with E-state index in [9.17, 15) is 0 Å². The Morgan fingerprint density at radius 2 is 2.08 bits per heavy atom. The third kappa shape index (κ3) is 3.69. The quantitative estimate of drug-likeness (QED) is 0.565. The SMILES string of the molecule is C/C=C/CCNc1ncc(C)cn1. The minimum Gasteiger partial charge on any atom is -0.354 e.